The quantitative estimate of drug-likeness (QED) is 0.290. The van der Waals surface area contributed by atoms with Crippen molar-refractivity contribution in [3.8, 4) is 0 Å². The van der Waals surface area contributed by atoms with E-state index in [4.69, 9.17) is 4.74 Å². The zero-order chi connectivity index (χ0) is 20.4. The largest absolute Gasteiger partial charge is 0.381 e. The summed E-state index contributed by atoms with van der Waals surface area (Å²) >= 11 is 1.94. The molecule has 1 aliphatic rings. The molecule has 1 atom stereocenters. The van der Waals surface area contributed by atoms with Crippen LogP contribution in [0.2, 0.25) is 0 Å². The standard InChI is InChI=1S/C24H33N3OS.HI/c1-25-23(27-19-24(29-2)13-15-28-16-14-24)26-18-22(21-11-7-4-8-12-21)17-20-9-5-3-6-10-20;/h3-12,22H,13-19H2,1-2H3,(H2,25,26,27);1H. The van der Waals surface area contributed by atoms with Crippen LogP contribution in [0.15, 0.2) is 65.7 Å². The van der Waals surface area contributed by atoms with Crippen LogP contribution in [0.25, 0.3) is 0 Å². The Balaban J connectivity index is 0.00000320. The number of thioether (sulfide) groups is 1. The molecule has 0 aromatic heterocycles. The first-order valence-corrected chi connectivity index (χ1v) is 11.6. The number of halogens is 1. The van der Waals surface area contributed by atoms with Gasteiger partial charge in [0.05, 0.1) is 0 Å². The Labute approximate surface area is 202 Å². The summed E-state index contributed by atoms with van der Waals surface area (Å²) in [6, 6.07) is 21.5. The van der Waals surface area contributed by atoms with E-state index in [9.17, 15) is 0 Å². The van der Waals surface area contributed by atoms with E-state index in [-0.39, 0.29) is 28.7 Å². The fraction of sp³-hybridized carbons (Fsp3) is 0.458. The maximum atomic E-state index is 5.56. The average molecular weight is 540 g/mol. The molecule has 2 N–H and O–H groups in total. The van der Waals surface area contributed by atoms with Gasteiger partial charge in [0.1, 0.15) is 0 Å². The van der Waals surface area contributed by atoms with Gasteiger partial charge in [-0.15, -0.1) is 24.0 Å². The number of guanidine groups is 1. The summed E-state index contributed by atoms with van der Waals surface area (Å²) in [5, 5.41) is 7.13. The van der Waals surface area contributed by atoms with E-state index in [1.165, 1.54) is 11.1 Å². The van der Waals surface area contributed by atoms with E-state index in [1.807, 2.05) is 18.8 Å². The van der Waals surface area contributed by atoms with Crippen molar-refractivity contribution in [2.24, 2.45) is 4.99 Å². The highest BCUT2D eigenvalue weighted by atomic mass is 127. The summed E-state index contributed by atoms with van der Waals surface area (Å²) in [5.74, 6) is 1.26. The SMILES string of the molecule is CN=C(NCC(Cc1ccccc1)c1ccccc1)NCC1(SC)CCOCC1.I. The molecule has 164 valence electrons. The van der Waals surface area contributed by atoms with E-state index in [1.54, 1.807) is 0 Å². The fourth-order valence-electron chi connectivity index (χ4n) is 3.81. The van der Waals surface area contributed by atoms with E-state index in [0.717, 1.165) is 51.5 Å². The van der Waals surface area contributed by atoms with Crippen molar-refractivity contribution in [3.05, 3.63) is 71.8 Å². The summed E-state index contributed by atoms with van der Waals surface area (Å²) < 4.78 is 5.79. The smallest absolute Gasteiger partial charge is 0.191 e. The maximum absolute atomic E-state index is 5.56. The highest BCUT2D eigenvalue weighted by Crippen LogP contribution is 2.33. The first kappa shape index (κ1) is 25.0. The van der Waals surface area contributed by atoms with Gasteiger partial charge in [-0.2, -0.15) is 11.8 Å². The highest BCUT2D eigenvalue weighted by Gasteiger charge is 2.31. The zero-order valence-electron chi connectivity index (χ0n) is 18.0. The molecule has 0 saturated carbocycles. The summed E-state index contributed by atoms with van der Waals surface area (Å²) in [6.45, 7) is 3.45. The number of hydrogen-bond donors (Lipinski definition) is 2. The molecule has 0 bridgehead atoms. The van der Waals surface area contributed by atoms with E-state index < -0.39 is 0 Å². The number of benzene rings is 2. The minimum absolute atomic E-state index is 0. The third-order valence-corrected chi connectivity index (χ3v) is 7.17. The third kappa shape index (κ3) is 7.46. The Hall–Kier alpha value is -1.25. The predicted octanol–water partition coefficient (Wildman–Crippen LogP) is 4.71. The zero-order valence-corrected chi connectivity index (χ0v) is 21.1. The first-order valence-electron chi connectivity index (χ1n) is 10.4. The molecule has 0 radical (unpaired) electrons. The van der Waals surface area contributed by atoms with Gasteiger partial charge in [0, 0.05) is 44.0 Å². The van der Waals surface area contributed by atoms with Crippen LogP contribution in [0.1, 0.15) is 29.9 Å². The number of nitrogens with zero attached hydrogens (tertiary/aromatic N) is 1. The molecule has 1 saturated heterocycles. The molecule has 30 heavy (non-hydrogen) atoms. The van der Waals surface area contributed by atoms with Gasteiger partial charge in [-0.1, -0.05) is 60.7 Å². The molecule has 4 nitrogen and oxygen atoms in total. The Morgan fingerprint density at radius 3 is 2.27 bits per heavy atom. The van der Waals surface area contributed by atoms with Crippen LogP contribution in [0.3, 0.4) is 0 Å². The van der Waals surface area contributed by atoms with Crippen molar-refractivity contribution in [1.82, 2.24) is 10.6 Å². The first-order chi connectivity index (χ1) is 14.2. The molecule has 0 spiro atoms. The van der Waals surface area contributed by atoms with Crippen molar-refractivity contribution in [1.29, 1.82) is 0 Å². The minimum Gasteiger partial charge on any atom is -0.381 e. The molecular formula is C24H34IN3OS. The lowest BCUT2D eigenvalue weighted by Gasteiger charge is -2.36. The van der Waals surface area contributed by atoms with E-state index >= 15 is 0 Å². The van der Waals surface area contributed by atoms with Gasteiger partial charge in [0.25, 0.3) is 0 Å². The number of hydrogen-bond acceptors (Lipinski definition) is 3. The van der Waals surface area contributed by atoms with Gasteiger partial charge >= 0.3 is 0 Å². The van der Waals surface area contributed by atoms with Crippen LogP contribution in [0, 0.1) is 0 Å². The molecule has 3 rings (SSSR count). The lowest BCUT2D eigenvalue weighted by atomic mass is 9.92. The Kier molecular flexibility index (Phi) is 11.0. The van der Waals surface area contributed by atoms with Crippen molar-refractivity contribution in [3.63, 3.8) is 0 Å². The van der Waals surface area contributed by atoms with Crippen LogP contribution in [0.4, 0.5) is 0 Å². The van der Waals surface area contributed by atoms with Crippen LogP contribution in [-0.4, -0.2) is 50.3 Å². The summed E-state index contributed by atoms with van der Waals surface area (Å²) in [5.41, 5.74) is 2.71. The van der Waals surface area contributed by atoms with Gasteiger partial charge in [-0.3, -0.25) is 4.99 Å². The van der Waals surface area contributed by atoms with Gasteiger partial charge in [-0.25, -0.2) is 0 Å². The van der Waals surface area contributed by atoms with Crippen LogP contribution < -0.4 is 10.6 Å². The second kappa shape index (κ2) is 13.2. The fourth-order valence-corrected chi connectivity index (χ4v) is 4.60. The number of rotatable bonds is 8. The molecule has 1 fully saturated rings. The van der Waals surface area contributed by atoms with Gasteiger partial charge < -0.3 is 15.4 Å². The van der Waals surface area contributed by atoms with E-state index in [2.05, 4.69) is 82.5 Å². The average Bonchev–Trinajstić information content (AvgIpc) is 2.80. The van der Waals surface area contributed by atoms with Crippen LogP contribution in [0.5, 0.6) is 0 Å². The Morgan fingerprint density at radius 1 is 1.03 bits per heavy atom. The highest BCUT2D eigenvalue weighted by molar-refractivity contribution is 14.0. The van der Waals surface area contributed by atoms with Crippen LogP contribution in [-0.2, 0) is 11.2 Å². The van der Waals surface area contributed by atoms with Gasteiger partial charge in [0.15, 0.2) is 5.96 Å². The second-order valence-electron chi connectivity index (χ2n) is 7.60. The molecule has 2 aromatic carbocycles. The number of aliphatic imine (C=N–C) groups is 1. The molecule has 1 aliphatic heterocycles. The van der Waals surface area contributed by atoms with Crippen LogP contribution >= 0.6 is 35.7 Å². The van der Waals surface area contributed by atoms with Crippen molar-refractivity contribution >= 4 is 41.7 Å². The monoisotopic (exact) mass is 539 g/mol. The topological polar surface area (TPSA) is 45.7 Å². The lowest BCUT2D eigenvalue weighted by molar-refractivity contribution is 0.0783. The second-order valence-corrected chi connectivity index (χ2v) is 8.88. The summed E-state index contributed by atoms with van der Waals surface area (Å²) in [7, 11) is 1.85. The third-order valence-electron chi connectivity index (χ3n) is 5.75. The number of ether oxygens (including phenoxy) is 1. The Bertz CT molecular complexity index is 752. The lowest BCUT2D eigenvalue weighted by Crippen LogP contribution is -2.48. The molecule has 0 amide bonds. The Morgan fingerprint density at radius 2 is 1.67 bits per heavy atom. The van der Waals surface area contributed by atoms with Gasteiger partial charge in [0.2, 0.25) is 0 Å². The molecule has 1 unspecified atom stereocenters. The van der Waals surface area contributed by atoms with Crippen molar-refractivity contribution in [2.45, 2.75) is 29.9 Å². The van der Waals surface area contributed by atoms with Crippen molar-refractivity contribution < 1.29 is 4.74 Å². The normalized spacial score (nSPS) is 16.9. The van der Waals surface area contributed by atoms with Gasteiger partial charge in [-0.05, 0) is 36.6 Å². The molecule has 1 heterocycles. The maximum Gasteiger partial charge on any atom is 0.191 e. The predicted molar refractivity (Wildman–Crippen MR) is 140 cm³/mol. The molecule has 0 aliphatic carbocycles. The summed E-state index contributed by atoms with van der Waals surface area (Å²) in [6.07, 6.45) is 5.37. The molecular weight excluding hydrogens is 505 g/mol. The molecule has 6 heteroatoms. The number of nitrogens with one attached hydrogen (secondary N) is 2. The van der Waals surface area contributed by atoms with E-state index in [0.29, 0.717) is 5.92 Å². The minimum atomic E-state index is 0. The molecule has 2 aromatic rings. The van der Waals surface area contributed by atoms with Crippen molar-refractivity contribution in [2.75, 3.05) is 39.6 Å². The summed E-state index contributed by atoms with van der Waals surface area (Å²) in [4.78, 5) is 4.46.